The number of alkyl halides is 3. The lowest BCUT2D eigenvalue weighted by molar-refractivity contribution is -0.141. The first-order valence-electron chi connectivity index (χ1n) is 10.3. The number of anilines is 1. The molecule has 6 nitrogen and oxygen atoms in total. The summed E-state index contributed by atoms with van der Waals surface area (Å²) in [5.41, 5.74) is 1.16. The largest absolute Gasteiger partial charge is 0.438 e. The van der Waals surface area contributed by atoms with Gasteiger partial charge in [-0.3, -0.25) is 10.1 Å². The van der Waals surface area contributed by atoms with Crippen molar-refractivity contribution in [2.24, 2.45) is 0 Å². The number of hydrogen-bond acceptors (Lipinski definition) is 6. The highest BCUT2D eigenvalue weighted by Gasteiger charge is 2.33. The highest BCUT2D eigenvalue weighted by Crippen LogP contribution is 2.41. The summed E-state index contributed by atoms with van der Waals surface area (Å²) in [6.07, 6.45) is -4.62. The van der Waals surface area contributed by atoms with Crippen LogP contribution in [0.3, 0.4) is 0 Å². The van der Waals surface area contributed by atoms with Crippen LogP contribution in [0.15, 0.2) is 76.3 Å². The summed E-state index contributed by atoms with van der Waals surface area (Å²) in [6.45, 7) is 1.42. The number of carbonyl (C=O) groups excluding carboxylic acids is 1. The molecule has 0 saturated carbocycles. The summed E-state index contributed by atoms with van der Waals surface area (Å²) in [4.78, 5) is 20.1. The van der Waals surface area contributed by atoms with Crippen molar-refractivity contribution in [1.82, 2.24) is 9.97 Å². The number of nitrogens with zero attached hydrogens (tertiary/aromatic N) is 3. The Morgan fingerprint density at radius 3 is 2.29 bits per heavy atom. The lowest BCUT2D eigenvalue weighted by atomic mass is 9.98. The lowest BCUT2D eigenvalue weighted by Crippen LogP contribution is -2.15. The van der Waals surface area contributed by atoms with E-state index in [1.165, 1.54) is 6.92 Å². The number of nitriles is 1. The smallest absolute Gasteiger partial charge is 0.433 e. The number of aryl methyl sites for hydroxylation is 1. The molecule has 0 spiro atoms. The first kappa shape index (κ1) is 24.0. The normalized spacial score (nSPS) is 11.2. The van der Waals surface area contributed by atoms with E-state index in [1.807, 2.05) is 60.7 Å². The van der Waals surface area contributed by atoms with Crippen molar-refractivity contribution in [2.75, 3.05) is 11.1 Å². The van der Waals surface area contributed by atoms with Crippen molar-refractivity contribution in [3.8, 4) is 28.5 Å². The van der Waals surface area contributed by atoms with E-state index in [1.54, 1.807) is 0 Å². The fraction of sp³-hybridized carbons (Fsp3) is 0.120. The zero-order valence-corrected chi connectivity index (χ0v) is 19.1. The Kier molecular flexibility index (Phi) is 6.89. The first-order chi connectivity index (χ1) is 16.8. The number of nitrogens with one attached hydrogen (secondary N) is 1. The Bertz CT molecular complexity index is 1400. The molecule has 0 atom stereocenters. The molecule has 2 heterocycles. The average Bonchev–Trinajstić information content (AvgIpc) is 3.21. The van der Waals surface area contributed by atoms with Gasteiger partial charge in [0.25, 0.3) is 0 Å². The molecule has 0 aliphatic rings. The summed E-state index contributed by atoms with van der Waals surface area (Å²) in [7, 11) is 0. The van der Waals surface area contributed by atoms with Crippen LogP contribution < -0.4 is 5.32 Å². The van der Waals surface area contributed by atoms with E-state index in [4.69, 9.17) is 4.42 Å². The van der Waals surface area contributed by atoms with Gasteiger partial charge in [-0.15, -0.1) is 0 Å². The number of thioether (sulfide) groups is 1. The second kappa shape index (κ2) is 10.0. The molecular formula is C25H17F3N4O2S. The monoisotopic (exact) mass is 494 g/mol. The molecule has 0 fully saturated rings. The molecule has 0 saturated heterocycles. The van der Waals surface area contributed by atoms with Crippen LogP contribution in [0.4, 0.5) is 19.1 Å². The lowest BCUT2D eigenvalue weighted by Gasteiger charge is -2.08. The maximum Gasteiger partial charge on any atom is 0.433 e. The van der Waals surface area contributed by atoms with Crippen molar-refractivity contribution in [3.05, 3.63) is 83.7 Å². The van der Waals surface area contributed by atoms with Gasteiger partial charge in [-0.1, -0.05) is 72.4 Å². The van der Waals surface area contributed by atoms with E-state index in [2.05, 4.69) is 21.4 Å². The number of amides is 1. The minimum atomic E-state index is -4.62. The molecule has 2 aromatic heterocycles. The van der Waals surface area contributed by atoms with Gasteiger partial charge in [0.15, 0.2) is 5.16 Å². The van der Waals surface area contributed by atoms with Gasteiger partial charge in [0.05, 0.1) is 5.75 Å². The van der Waals surface area contributed by atoms with E-state index < -0.39 is 17.8 Å². The number of furan rings is 1. The van der Waals surface area contributed by atoms with E-state index in [9.17, 15) is 23.2 Å². The molecule has 35 heavy (non-hydrogen) atoms. The fourth-order valence-corrected chi connectivity index (χ4v) is 4.05. The maximum absolute atomic E-state index is 13.0. The van der Waals surface area contributed by atoms with Crippen LogP contribution in [-0.2, 0) is 11.0 Å². The Morgan fingerprint density at radius 1 is 1.06 bits per heavy atom. The van der Waals surface area contributed by atoms with Crippen molar-refractivity contribution in [3.63, 3.8) is 0 Å². The van der Waals surface area contributed by atoms with Crippen LogP contribution in [0.25, 0.3) is 22.5 Å². The topological polar surface area (TPSA) is 91.8 Å². The Labute approximate surface area is 202 Å². The molecule has 0 aliphatic heterocycles. The van der Waals surface area contributed by atoms with Crippen molar-refractivity contribution >= 4 is 23.6 Å². The van der Waals surface area contributed by atoms with Crippen LogP contribution in [0.5, 0.6) is 0 Å². The second-order valence-corrected chi connectivity index (χ2v) is 8.31. The van der Waals surface area contributed by atoms with Gasteiger partial charge < -0.3 is 4.42 Å². The zero-order chi connectivity index (χ0) is 25.0. The second-order valence-electron chi connectivity index (χ2n) is 7.37. The molecule has 0 radical (unpaired) electrons. The molecule has 10 heteroatoms. The third kappa shape index (κ3) is 5.53. The fourth-order valence-electron chi connectivity index (χ4n) is 3.34. The summed E-state index contributed by atoms with van der Waals surface area (Å²) < 4.78 is 45.0. The standard InChI is InChI=1S/C25H17F3N4O2S/c1-15-12-19(25(26,27)28)31-24(30-15)35-14-20(33)32-23-18(13-29)21(16-8-4-2-5-9-16)22(34-23)17-10-6-3-7-11-17/h2-12H,14H2,1H3,(H,32,33). The highest BCUT2D eigenvalue weighted by molar-refractivity contribution is 7.99. The van der Waals surface area contributed by atoms with Gasteiger partial charge in [0.1, 0.15) is 23.1 Å². The molecule has 0 unspecified atom stereocenters. The van der Waals surface area contributed by atoms with E-state index >= 15 is 0 Å². The third-order valence-corrected chi connectivity index (χ3v) is 5.68. The number of hydrogen-bond donors (Lipinski definition) is 1. The number of aromatic nitrogens is 2. The number of benzene rings is 2. The predicted molar refractivity (Wildman–Crippen MR) is 125 cm³/mol. The summed E-state index contributed by atoms with van der Waals surface area (Å²) in [5.74, 6) is -0.503. The van der Waals surface area contributed by atoms with Crippen molar-refractivity contribution in [2.45, 2.75) is 18.3 Å². The minimum Gasteiger partial charge on any atom is -0.438 e. The van der Waals surface area contributed by atoms with Gasteiger partial charge in [-0.25, -0.2) is 9.97 Å². The van der Waals surface area contributed by atoms with Crippen LogP contribution in [0, 0.1) is 18.3 Å². The van der Waals surface area contributed by atoms with Crippen LogP contribution >= 0.6 is 11.8 Å². The quantitative estimate of drug-likeness (QED) is 0.249. The number of halogens is 3. The summed E-state index contributed by atoms with van der Waals surface area (Å²) >= 11 is 0.751. The zero-order valence-electron chi connectivity index (χ0n) is 18.3. The van der Waals surface area contributed by atoms with Gasteiger partial charge in [0, 0.05) is 16.8 Å². The third-order valence-electron chi connectivity index (χ3n) is 4.83. The molecular weight excluding hydrogens is 477 g/mol. The highest BCUT2D eigenvalue weighted by atomic mass is 32.2. The molecule has 1 N–H and O–H groups in total. The maximum atomic E-state index is 13.0. The molecule has 0 bridgehead atoms. The Hall–Kier alpha value is -4.10. The van der Waals surface area contributed by atoms with E-state index in [0.717, 1.165) is 23.4 Å². The Morgan fingerprint density at radius 2 is 1.69 bits per heavy atom. The Balaban J connectivity index is 1.61. The summed E-state index contributed by atoms with van der Waals surface area (Å²) in [6, 6.07) is 21.2. The van der Waals surface area contributed by atoms with Gasteiger partial charge >= 0.3 is 6.18 Å². The average molecular weight is 494 g/mol. The predicted octanol–water partition coefficient (Wildman–Crippen LogP) is 6.33. The molecule has 176 valence electrons. The van der Waals surface area contributed by atoms with Crippen molar-refractivity contribution < 1.29 is 22.4 Å². The van der Waals surface area contributed by atoms with Gasteiger partial charge in [0.2, 0.25) is 11.8 Å². The molecule has 4 aromatic rings. The van der Waals surface area contributed by atoms with Crippen LogP contribution in [-0.4, -0.2) is 21.6 Å². The molecule has 0 aliphatic carbocycles. The number of carbonyl (C=O) groups is 1. The van der Waals surface area contributed by atoms with Crippen molar-refractivity contribution in [1.29, 1.82) is 5.26 Å². The van der Waals surface area contributed by atoms with Crippen LogP contribution in [0.2, 0.25) is 0 Å². The van der Waals surface area contributed by atoms with Gasteiger partial charge in [-0.05, 0) is 18.6 Å². The van der Waals surface area contributed by atoms with Gasteiger partial charge in [-0.2, -0.15) is 18.4 Å². The first-order valence-corrected chi connectivity index (χ1v) is 11.3. The summed E-state index contributed by atoms with van der Waals surface area (Å²) in [5, 5.41) is 12.3. The molecule has 4 rings (SSSR count). The molecule has 2 aromatic carbocycles. The van der Waals surface area contributed by atoms with E-state index in [0.29, 0.717) is 16.9 Å². The van der Waals surface area contributed by atoms with Crippen LogP contribution in [0.1, 0.15) is 17.0 Å². The minimum absolute atomic E-state index is 0.0445. The number of rotatable bonds is 6. The SMILES string of the molecule is Cc1cc(C(F)(F)F)nc(SCC(=O)Nc2oc(-c3ccccc3)c(-c3ccccc3)c2C#N)n1. The van der Waals surface area contributed by atoms with E-state index in [-0.39, 0.29) is 28.1 Å². The molecule has 1 amide bonds.